The van der Waals surface area contributed by atoms with E-state index in [0.717, 1.165) is 0 Å². The number of para-hydroxylation sites is 1. The van der Waals surface area contributed by atoms with E-state index in [1.165, 1.54) is 13.4 Å². The first-order valence-electron chi connectivity index (χ1n) is 11.3. The van der Waals surface area contributed by atoms with Gasteiger partial charge in [-0.15, -0.1) is 0 Å². The monoisotopic (exact) mass is 491 g/mol. The van der Waals surface area contributed by atoms with Crippen LogP contribution >= 0.6 is 0 Å². The maximum absolute atomic E-state index is 14.1. The SMILES string of the molecule is COc1ncc(-c2cccc3nc([C@@H](C)Nc4ncnc(N)c4C#N)n(-c4ccccc4)c(=O)c23)cn1. The van der Waals surface area contributed by atoms with Crippen LogP contribution in [0.2, 0.25) is 0 Å². The number of nitrogens with two attached hydrogens (primary N) is 1. The lowest BCUT2D eigenvalue weighted by atomic mass is 10.0. The molecule has 3 aromatic heterocycles. The van der Waals surface area contributed by atoms with Crippen LogP contribution in [0.25, 0.3) is 27.7 Å². The number of nitrogens with one attached hydrogen (secondary N) is 1. The average Bonchev–Trinajstić information content (AvgIpc) is 2.93. The fourth-order valence-electron chi connectivity index (χ4n) is 4.05. The number of nitriles is 1. The van der Waals surface area contributed by atoms with Gasteiger partial charge in [0.15, 0.2) is 0 Å². The molecule has 0 spiro atoms. The molecule has 0 bridgehead atoms. The van der Waals surface area contributed by atoms with Gasteiger partial charge in [0.2, 0.25) is 0 Å². The summed E-state index contributed by atoms with van der Waals surface area (Å²) in [7, 11) is 1.49. The van der Waals surface area contributed by atoms with Gasteiger partial charge < -0.3 is 15.8 Å². The fraction of sp³-hybridized carbons (Fsp3) is 0.115. The van der Waals surface area contributed by atoms with Crippen LogP contribution < -0.4 is 21.3 Å². The van der Waals surface area contributed by atoms with E-state index in [1.807, 2.05) is 55.5 Å². The topological polar surface area (TPSA) is 158 Å². The summed E-state index contributed by atoms with van der Waals surface area (Å²) in [6, 6.07) is 16.4. The number of anilines is 2. The number of hydrogen-bond donors (Lipinski definition) is 2. The Morgan fingerprint density at radius 3 is 2.51 bits per heavy atom. The molecule has 0 radical (unpaired) electrons. The van der Waals surface area contributed by atoms with Crippen molar-refractivity contribution < 1.29 is 4.74 Å². The van der Waals surface area contributed by atoms with E-state index >= 15 is 0 Å². The van der Waals surface area contributed by atoms with Crippen LogP contribution in [0.1, 0.15) is 24.4 Å². The Labute approximate surface area is 211 Å². The summed E-state index contributed by atoms with van der Waals surface area (Å²) in [6.45, 7) is 1.83. The van der Waals surface area contributed by atoms with Gasteiger partial charge in [-0.3, -0.25) is 9.36 Å². The second kappa shape index (κ2) is 9.71. The van der Waals surface area contributed by atoms with Crippen molar-refractivity contribution in [2.75, 3.05) is 18.2 Å². The summed E-state index contributed by atoms with van der Waals surface area (Å²) in [4.78, 5) is 35.4. The highest BCUT2D eigenvalue weighted by atomic mass is 16.5. The molecule has 3 heterocycles. The van der Waals surface area contributed by atoms with Gasteiger partial charge in [-0.25, -0.2) is 24.9 Å². The van der Waals surface area contributed by atoms with Crippen LogP contribution in [0, 0.1) is 11.3 Å². The van der Waals surface area contributed by atoms with E-state index in [1.54, 1.807) is 23.0 Å². The maximum Gasteiger partial charge on any atom is 0.316 e. The third-order valence-electron chi connectivity index (χ3n) is 5.79. The van der Waals surface area contributed by atoms with Crippen molar-refractivity contribution in [1.29, 1.82) is 5.26 Å². The van der Waals surface area contributed by atoms with Crippen molar-refractivity contribution in [3.05, 3.63) is 89.0 Å². The quantitative estimate of drug-likeness (QED) is 0.361. The van der Waals surface area contributed by atoms with Crippen molar-refractivity contribution in [1.82, 2.24) is 29.5 Å². The highest BCUT2D eigenvalue weighted by molar-refractivity contribution is 5.94. The molecule has 1 atom stereocenters. The minimum absolute atomic E-state index is 0.0606. The number of methoxy groups -OCH3 is 1. The predicted molar refractivity (Wildman–Crippen MR) is 138 cm³/mol. The minimum Gasteiger partial charge on any atom is -0.467 e. The van der Waals surface area contributed by atoms with Crippen LogP contribution in [0.3, 0.4) is 0 Å². The van der Waals surface area contributed by atoms with E-state index in [2.05, 4.69) is 25.3 Å². The second-order valence-corrected chi connectivity index (χ2v) is 8.06. The minimum atomic E-state index is -0.535. The van der Waals surface area contributed by atoms with E-state index < -0.39 is 6.04 Å². The van der Waals surface area contributed by atoms with Gasteiger partial charge in [-0.1, -0.05) is 30.3 Å². The Hall–Kier alpha value is -5.37. The molecule has 0 aliphatic rings. The molecule has 0 saturated heterocycles. The van der Waals surface area contributed by atoms with Crippen LogP contribution in [0.4, 0.5) is 11.6 Å². The number of rotatable bonds is 6. The highest BCUT2D eigenvalue weighted by Crippen LogP contribution is 2.28. The standard InChI is InChI=1S/C26H21N9O2/c1-15(33-23-19(11-27)22(28)31-14-32-23)24-34-20-10-6-9-18(16-12-29-26(37-2)30-13-16)21(20)25(36)35(24)17-7-4-3-5-8-17/h3-10,12-15H,1-2H3,(H3,28,31,32,33)/t15-/m1/s1. The van der Waals surface area contributed by atoms with E-state index in [0.29, 0.717) is 33.5 Å². The number of fused-ring (bicyclic) bond motifs is 1. The van der Waals surface area contributed by atoms with E-state index in [4.69, 9.17) is 15.5 Å². The Morgan fingerprint density at radius 2 is 1.81 bits per heavy atom. The van der Waals surface area contributed by atoms with Gasteiger partial charge in [0.25, 0.3) is 5.56 Å². The molecule has 0 saturated carbocycles. The molecule has 2 aromatic carbocycles. The first-order valence-corrected chi connectivity index (χ1v) is 11.3. The molecule has 0 aliphatic carbocycles. The lowest BCUT2D eigenvalue weighted by Crippen LogP contribution is -2.28. The predicted octanol–water partition coefficient (Wildman–Crippen LogP) is 3.27. The van der Waals surface area contributed by atoms with Crippen LogP contribution in [-0.4, -0.2) is 36.6 Å². The highest BCUT2D eigenvalue weighted by Gasteiger charge is 2.22. The van der Waals surface area contributed by atoms with Crippen molar-refractivity contribution >= 4 is 22.5 Å². The molecule has 3 N–H and O–H groups in total. The van der Waals surface area contributed by atoms with Gasteiger partial charge in [-0.05, 0) is 30.7 Å². The first kappa shape index (κ1) is 23.4. The molecule has 11 heteroatoms. The molecule has 11 nitrogen and oxygen atoms in total. The van der Waals surface area contributed by atoms with Crippen molar-refractivity contribution in [2.45, 2.75) is 13.0 Å². The zero-order chi connectivity index (χ0) is 25.9. The van der Waals surface area contributed by atoms with Gasteiger partial charge in [-0.2, -0.15) is 5.26 Å². The third-order valence-corrected chi connectivity index (χ3v) is 5.79. The molecule has 0 unspecified atom stereocenters. The molecule has 0 fully saturated rings. The summed E-state index contributed by atoms with van der Waals surface area (Å²) < 4.78 is 6.61. The Morgan fingerprint density at radius 1 is 1.05 bits per heavy atom. The van der Waals surface area contributed by atoms with Gasteiger partial charge in [0.05, 0.1) is 29.7 Å². The number of ether oxygens (including phenoxy) is 1. The normalized spacial score (nSPS) is 11.6. The summed E-state index contributed by atoms with van der Waals surface area (Å²) >= 11 is 0. The third kappa shape index (κ3) is 4.28. The summed E-state index contributed by atoms with van der Waals surface area (Å²) in [5, 5.41) is 13.1. The van der Waals surface area contributed by atoms with Crippen molar-refractivity contribution in [3.8, 4) is 28.9 Å². The number of aromatic nitrogens is 6. The Balaban J connectivity index is 1.73. The zero-order valence-corrected chi connectivity index (χ0v) is 20.0. The molecule has 182 valence electrons. The smallest absolute Gasteiger partial charge is 0.316 e. The second-order valence-electron chi connectivity index (χ2n) is 8.06. The van der Waals surface area contributed by atoms with Gasteiger partial charge >= 0.3 is 6.01 Å². The first-order chi connectivity index (χ1) is 18.0. The summed E-state index contributed by atoms with van der Waals surface area (Å²) in [6.07, 6.45) is 4.48. The molecular weight excluding hydrogens is 470 g/mol. The molecular formula is C26H21N9O2. The largest absolute Gasteiger partial charge is 0.467 e. The van der Waals surface area contributed by atoms with Gasteiger partial charge in [0.1, 0.15) is 35.4 Å². The van der Waals surface area contributed by atoms with Crippen LogP contribution in [0.5, 0.6) is 6.01 Å². The van der Waals surface area contributed by atoms with Gasteiger partial charge in [0, 0.05) is 18.0 Å². The van der Waals surface area contributed by atoms with Crippen molar-refractivity contribution in [3.63, 3.8) is 0 Å². The van der Waals surface area contributed by atoms with Crippen molar-refractivity contribution in [2.24, 2.45) is 0 Å². The van der Waals surface area contributed by atoms with Crippen LogP contribution in [-0.2, 0) is 0 Å². The molecule has 37 heavy (non-hydrogen) atoms. The molecule has 0 aliphatic heterocycles. The molecule has 0 amide bonds. The number of hydrogen-bond acceptors (Lipinski definition) is 10. The van der Waals surface area contributed by atoms with E-state index in [9.17, 15) is 10.1 Å². The average molecular weight is 492 g/mol. The fourth-order valence-corrected chi connectivity index (χ4v) is 4.05. The molecule has 5 aromatic rings. The number of nitrogens with zero attached hydrogens (tertiary/aromatic N) is 7. The lowest BCUT2D eigenvalue weighted by molar-refractivity contribution is 0.380. The van der Waals surface area contributed by atoms with Crippen LogP contribution in [0.15, 0.2) is 72.0 Å². The maximum atomic E-state index is 14.1. The zero-order valence-electron chi connectivity index (χ0n) is 20.0. The summed E-state index contributed by atoms with van der Waals surface area (Å²) in [5.74, 6) is 0.735. The molecule has 5 rings (SSSR count). The summed E-state index contributed by atoms with van der Waals surface area (Å²) in [5.41, 5.74) is 8.13. The number of benzene rings is 2. The Bertz CT molecular complexity index is 1690. The number of nitrogen functional groups attached to an aromatic ring is 1. The Kier molecular flexibility index (Phi) is 6.13. The van der Waals surface area contributed by atoms with E-state index in [-0.39, 0.29) is 28.8 Å². The lowest BCUT2D eigenvalue weighted by Gasteiger charge is -2.21.